The highest BCUT2D eigenvalue weighted by Gasteiger charge is 2.27. The Hall–Kier alpha value is -3.52. The predicted molar refractivity (Wildman–Crippen MR) is 111 cm³/mol. The number of quaternary nitrogens is 1. The number of anilines is 1. The average Bonchev–Trinajstić information content (AvgIpc) is 3.18. The first-order valence-corrected chi connectivity index (χ1v) is 9.90. The van der Waals surface area contributed by atoms with E-state index in [4.69, 9.17) is 4.52 Å². The van der Waals surface area contributed by atoms with Crippen LogP contribution in [0, 0.1) is 17.0 Å². The van der Waals surface area contributed by atoms with Crippen LogP contribution >= 0.6 is 0 Å². The molecule has 1 fully saturated rings. The van der Waals surface area contributed by atoms with Crippen LogP contribution in [0.2, 0.25) is 0 Å². The summed E-state index contributed by atoms with van der Waals surface area (Å²) in [4.78, 5) is 27.4. The number of carbonyl (C=O) groups is 1. The minimum absolute atomic E-state index is 0.0349. The Morgan fingerprint density at radius 2 is 1.87 bits per heavy atom. The van der Waals surface area contributed by atoms with E-state index in [2.05, 4.69) is 5.16 Å². The van der Waals surface area contributed by atoms with Gasteiger partial charge < -0.3 is 14.3 Å². The summed E-state index contributed by atoms with van der Waals surface area (Å²) in [6.45, 7) is 5.71. The van der Waals surface area contributed by atoms with Crippen LogP contribution in [0.1, 0.15) is 27.4 Å². The Bertz CT molecular complexity index is 1060. The van der Waals surface area contributed by atoms with Gasteiger partial charge in [-0.15, -0.1) is 0 Å². The number of ketones is 1. The van der Waals surface area contributed by atoms with Gasteiger partial charge in [-0.1, -0.05) is 35.5 Å². The van der Waals surface area contributed by atoms with Gasteiger partial charge in [-0.05, 0) is 19.1 Å². The second kappa shape index (κ2) is 8.46. The topological polar surface area (TPSA) is 93.9 Å². The molecule has 0 amide bonds. The number of aromatic nitrogens is 1. The van der Waals surface area contributed by atoms with E-state index in [0.717, 1.165) is 31.1 Å². The lowest BCUT2D eigenvalue weighted by Gasteiger charge is -2.33. The van der Waals surface area contributed by atoms with Crippen LogP contribution < -0.4 is 9.80 Å². The van der Waals surface area contributed by atoms with Gasteiger partial charge in [0.15, 0.2) is 5.78 Å². The predicted octanol–water partition coefficient (Wildman–Crippen LogP) is 2.03. The van der Waals surface area contributed by atoms with Gasteiger partial charge in [0.1, 0.15) is 23.7 Å². The second-order valence-corrected chi connectivity index (χ2v) is 7.50. The van der Waals surface area contributed by atoms with Crippen molar-refractivity contribution in [2.75, 3.05) is 31.1 Å². The van der Waals surface area contributed by atoms with E-state index in [9.17, 15) is 14.9 Å². The first-order valence-electron chi connectivity index (χ1n) is 9.90. The summed E-state index contributed by atoms with van der Waals surface area (Å²) < 4.78 is 5.12. The quantitative estimate of drug-likeness (QED) is 0.382. The fraction of sp³-hybridized carbons (Fsp3) is 0.273. The summed E-state index contributed by atoms with van der Waals surface area (Å²) >= 11 is 0. The number of rotatable bonds is 6. The lowest BCUT2D eigenvalue weighted by molar-refractivity contribution is -0.914. The van der Waals surface area contributed by atoms with E-state index in [1.165, 1.54) is 11.0 Å². The van der Waals surface area contributed by atoms with E-state index in [0.29, 0.717) is 29.9 Å². The van der Waals surface area contributed by atoms with E-state index < -0.39 is 4.92 Å². The normalized spacial score (nSPS) is 14.6. The summed E-state index contributed by atoms with van der Waals surface area (Å²) in [7, 11) is 0. The van der Waals surface area contributed by atoms with Crippen molar-refractivity contribution in [1.82, 2.24) is 5.16 Å². The molecule has 3 aromatic rings. The highest BCUT2D eigenvalue weighted by molar-refractivity contribution is 6.09. The van der Waals surface area contributed by atoms with Crippen LogP contribution in [0.3, 0.4) is 0 Å². The number of nitrogens with one attached hydrogen (secondary N) is 1. The maximum atomic E-state index is 12.7. The molecule has 30 heavy (non-hydrogen) atoms. The van der Waals surface area contributed by atoms with Crippen LogP contribution in [0.25, 0.3) is 0 Å². The van der Waals surface area contributed by atoms with Gasteiger partial charge in [-0.3, -0.25) is 14.9 Å². The van der Waals surface area contributed by atoms with E-state index in [1.807, 2.05) is 24.0 Å². The Balaban J connectivity index is 1.49. The number of nitro groups is 1. The second-order valence-electron chi connectivity index (χ2n) is 7.50. The monoisotopic (exact) mass is 407 g/mol. The minimum atomic E-state index is -0.408. The van der Waals surface area contributed by atoms with Crippen molar-refractivity contribution in [3.05, 3.63) is 87.3 Å². The maximum absolute atomic E-state index is 12.7. The Morgan fingerprint density at radius 1 is 1.13 bits per heavy atom. The molecule has 0 aliphatic carbocycles. The molecule has 1 aliphatic heterocycles. The number of aryl methyl sites for hydroxylation is 1. The molecule has 1 N–H and O–H groups in total. The Kier molecular flexibility index (Phi) is 5.58. The standard InChI is InChI=1S/C22H22N4O4/c1-16-13-19(23-30-16)15-24-9-11-25(12-10-24)20-8-7-18(14-21(20)26(28)29)22(27)17-5-3-2-4-6-17/h2-8,13-14H,9-12,15H2,1H3/p+1. The SMILES string of the molecule is Cc1cc(C[NH+]2CCN(c3ccc(C(=O)c4ccccc4)cc3[N+](=O)[O-])CC2)no1. The first kappa shape index (κ1) is 19.8. The average molecular weight is 407 g/mol. The van der Waals surface area contributed by atoms with Gasteiger partial charge in [-0.25, -0.2) is 0 Å². The van der Waals surface area contributed by atoms with Crippen molar-refractivity contribution in [1.29, 1.82) is 0 Å². The fourth-order valence-corrected chi connectivity index (χ4v) is 3.83. The summed E-state index contributed by atoms with van der Waals surface area (Å²) in [5.74, 6) is 0.575. The highest BCUT2D eigenvalue weighted by Crippen LogP contribution is 2.30. The molecule has 1 aliphatic rings. The maximum Gasteiger partial charge on any atom is 0.293 e. The van der Waals surface area contributed by atoms with Crippen LogP contribution in [-0.2, 0) is 6.54 Å². The molecule has 0 radical (unpaired) electrons. The molecule has 1 aromatic heterocycles. The molecular weight excluding hydrogens is 384 g/mol. The molecule has 1 saturated heterocycles. The van der Waals surface area contributed by atoms with Crippen LogP contribution in [0.4, 0.5) is 11.4 Å². The summed E-state index contributed by atoms with van der Waals surface area (Å²) in [5.41, 5.74) is 2.28. The van der Waals surface area contributed by atoms with Gasteiger partial charge in [0, 0.05) is 23.3 Å². The van der Waals surface area contributed by atoms with E-state index in [1.54, 1.807) is 36.4 Å². The van der Waals surface area contributed by atoms with E-state index >= 15 is 0 Å². The Labute approximate surface area is 173 Å². The van der Waals surface area contributed by atoms with Crippen molar-refractivity contribution in [3.8, 4) is 0 Å². The number of piperazine rings is 1. The zero-order valence-corrected chi connectivity index (χ0v) is 16.7. The number of nitrogens with zero attached hydrogens (tertiary/aromatic N) is 3. The number of benzene rings is 2. The van der Waals surface area contributed by atoms with Crippen molar-refractivity contribution in [3.63, 3.8) is 0 Å². The summed E-state index contributed by atoms with van der Waals surface area (Å²) in [5, 5.41) is 15.8. The third-order valence-corrected chi connectivity index (χ3v) is 5.39. The van der Waals surface area contributed by atoms with E-state index in [-0.39, 0.29) is 11.5 Å². The summed E-state index contributed by atoms with van der Waals surface area (Å²) in [6.07, 6.45) is 0. The molecule has 0 saturated carbocycles. The molecule has 8 nitrogen and oxygen atoms in total. The number of nitro benzene ring substituents is 1. The molecule has 0 unspecified atom stereocenters. The molecular formula is C22H23N4O4+. The third-order valence-electron chi connectivity index (χ3n) is 5.39. The largest absolute Gasteiger partial charge is 0.361 e. The molecule has 4 rings (SSSR count). The lowest BCUT2D eigenvalue weighted by atomic mass is 10.0. The molecule has 8 heteroatoms. The van der Waals surface area contributed by atoms with Crippen molar-refractivity contribution < 1.29 is 19.1 Å². The number of carbonyl (C=O) groups excluding carboxylic acids is 1. The molecule has 0 spiro atoms. The minimum Gasteiger partial charge on any atom is -0.361 e. The van der Waals surface area contributed by atoms with Crippen LogP contribution in [0.15, 0.2) is 59.1 Å². The fourth-order valence-electron chi connectivity index (χ4n) is 3.83. The van der Waals surface area contributed by atoms with Crippen molar-refractivity contribution in [2.45, 2.75) is 13.5 Å². The van der Waals surface area contributed by atoms with Crippen molar-refractivity contribution >= 4 is 17.2 Å². The number of hydrogen-bond acceptors (Lipinski definition) is 6. The van der Waals surface area contributed by atoms with Gasteiger partial charge in [0.2, 0.25) is 0 Å². The lowest BCUT2D eigenvalue weighted by Crippen LogP contribution is -3.13. The van der Waals surface area contributed by atoms with Crippen molar-refractivity contribution in [2.24, 2.45) is 0 Å². The molecule has 154 valence electrons. The smallest absolute Gasteiger partial charge is 0.293 e. The zero-order chi connectivity index (χ0) is 21.1. The first-order chi connectivity index (χ1) is 14.5. The van der Waals surface area contributed by atoms with Gasteiger partial charge in [0.05, 0.1) is 31.1 Å². The summed E-state index contributed by atoms with van der Waals surface area (Å²) in [6, 6.07) is 15.5. The van der Waals surface area contributed by atoms with Gasteiger partial charge in [-0.2, -0.15) is 0 Å². The number of hydrogen-bond donors (Lipinski definition) is 1. The van der Waals surface area contributed by atoms with Gasteiger partial charge >= 0.3 is 0 Å². The molecule has 2 aromatic carbocycles. The van der Waals surface area contributed by atoms with Gasteiger partial charge in [0.25, 0.3) is 5.69 Å². The molecule has 2 heterocycles. The third kappa shape index (κ3) is 4.23. The molecule has 0 bridgehead atoms. The van der Waals surface area contributed by atoms with Crippen LogP contribution in [0.5, 0.6) is 0 Å². The van der Waals surface area contributed by atoms with Crippen LogP contribution in [-0.4, -0.2) is 42.0 Å². The molecule has 0 atom stereocenters. The zero-order valence-electron chi connectivity index (χ0n) is 16.7. The Morgan fingerprint density at radius 3 is 2.50 bits per heavy atom. The highest BCUT2D eigenvalue weighted by atomic mass is 16.6.